The summed E-state index contributed by atoms with van der Waals surface area (Å²) in [5, 5.41) is 3.24. The lowest BCUT2D eigenvalue weighted by Gasteiger charge is -2.33. The van der Waals surface area contributed by atoms with E-state index >= 15 is 0 Å². The summed E-state index contributed by atoms with van der Waals surface area (Å²) >= 11 is 6.75. The Morgan fingerprint density at radius 2 is 1.77 bits per heavy atom. The van der Waals surface area contributed by atoms with Crippen molar-refractivity contribution in [3.05, 3.63) is 125 Å². The van der Waals surface area contributed by atoms with E-state index in [4.69, 9.17) is 21.3 Å². The number of hydrogen-bond acceptors (Lipinski definition) is 7. The Hall–Kier alpha value is -5.22. The minimum absolute atomic E-state index is 0.134. The molecular weight excluding hydrogens is 619 g/mol. The second-order valence-electron chi connectivity index (χ2n) is 11.2. The zero-order valence-electron chi connectivity index (χ0n) is 25.9. The zero-order chi connectivity index (χ0) is 32.9. The summed E-state index contributed by atoms with van der Waals surface area (Å²) in [7, 11) is 0. The number of aromatic nitrogens is 4. The molecule has 6 rings (SSSR count). The Balaban J connectivity index is 1.32. The lowest BCUT2D eigenvalue weighted by Crippen LogP contribution is -2.38. The van der Waals surface area contributed by atoms with Crippen molar-refractivity contribution in [2.45, 2.75) is 39.2 Å². The highest BCUT2D eigenvalue weighted by Gasteiger charge is 2.43. The van der Waals surface area contributed by atoms with Crippen molar-refractivity contribution >= 4 is 51.7 Å². The maximum Gasteiger partial charge on any atom is 0.336 e. The predicted molar refractivity (Wildman–Crippen MR) is 179 cm³/mol. The number of fused-ring (bicyclic) bond motifs is 1. The first kappa shape index (κ1) is 31.7. The molecule has 0 saturated heterocycles. The molecule has 238 valence electrons. The molecule has 0 aliphatic carbocycles. The Morgan fingerprint density at radius 1 is 0.979 bits per heavy atom. The van der Waals surface area contributed by atoms with Gasteiger partial charge in [0, 0.05) is 41.2 Å². The van der Waals surface area contributed by atoms with Crippen LogP contribution in [-0.2, 0) is 20.9 Å². The molecule has 11 heteroatoms. The molecule has 0 spiro atoms. The van der Waals surface area contributed by atoms with Gasteiger partial charge in [-0.1, -0.05) is 35.9 Å². The van der Waals surface area contributed by atoms with E-state index in [1.54, 1.807) is 80.1 Å². The normalized spacial score (nSPS) is 16.2. The van der Waals surface area contributed by atoms with Crippen LogP contribution in [0.25, 0.3) is 16.7 Å². The fourth-order valence-corrected chi connectivity index (χ4v) is 6.21. The van der Waals surface area contributed by atoms with Crippen LogP contribution in [-0.4, -0.2) is 43.7 Å². The lowest BCUT2D eigenvalue weighted by molar-refractivity contribution is -0.139. The second kappa shape index (κ2) is 14.0. The minimum Gasteiger partial charge on any atom is -0.462 e. The summed E-state index contributed by atoms with van der Waals surface area (Å²) in [4.78, 5) is 45.8. The number of hydrogen-bond donors (Lipinski definition) is 1. The van der Waals surface area contributed by atoms with Crippen LogP contribution in [0.1, 0.15) is 42.6 Å². The van der Waals surface area contributed by atoms with E-state index in [9.17, 15) is 14.0 Å². The van der Waals surface area contributed by atoms with Gasteiger partial charge in [0.15, 0.2) is 0 Å². The number of halogens is 2. The maximum atomic E-state index is 14.2. The van der Waals surface area contributed by atoms with Gasteiger partial charge in [0.1, 0.15) is 23.0 Å². The van der Waals surface area contributed by atoms with Gasteiger partial charge in [0.2, 0.25) is 5.91 Å². The number of ether oxygens (including phenoxy) is 1. The highest BCUT2D eigenvalue weighted by Crippen LogP contribution is 2.45. The third kappa shape index (κ3) is 6.83. The minimum atomic E-state index is -0.921. The van der Waals surface area contributed by atoms with Gasteiger partial charge in [0.05, 0.1) is 35.5 Å². The van der Waals surface area contributed by atoms with Crippen LogP contribution in [0.4, 0.5) is 10.2 Å². The smallest absolute Gasteiger partial charge is 0.336 e. The summed E-state index contributed by atoms with van der Waals surface area (Å²) in [6.07, 6.45) is 6.36. The van der Waals surface area contributed by atoms with Crippen LogP contribution in [0.5, 0.6) is 0 Å². The maximum absolute atomic E-state index is 14.2. The molecule has 1 amide bonds. The van der Waals surface area contributed by atoms with Crippen LogP contribution in [0, 0.1) is 18.7 Å². The van der Waals surface area contributed by atoms with E-state index in [0.717, 1.165) is 23.3 Å². The molecule has 0 radical (unpaired) electrons. The number of nitrogens with one attached hydrogen (secondary N) is 1. The number of amides is 1. The average molecular weight is 651 g/mol. The van der Waals surface area contributed by atoms with E-state index < -0.39 is 29.5 Å². The van der Waals surface area contributed by atoms with E-state index in [2.05, 4.69) is 24.8 Å². The van der Waals surface area contributed by atoms with Gasteiger partial charge in [-0.2, -0.15) is 0 Å². The first-order valence-corrected chi connectivity index (χ1v) is 15.6. The van der Waals surface area contributed by atoms with Gasteiger partial charge < -0.3 is 14.6 Å². The Labute approximate surface area is 276 Å². The number of benzene rings is 2. The molecule has 2 atom stereocenters. The monoisotopic (exact) mass is 650 g/mol. The fraction of sp³-hybridized carbons (Fsp3) is 0.222. The molecule has 5 aromatic rings. The predicted octanol–water partition coefficient (Wildman–Crippen LogP) is 7.18. The summed E-state index contributed by atoms with van der Waals surface area (Å²) in [6, 6.07) is 19.9. The summed E-state index contributed by atoms with van der Waals surface area (Å²) in [6.45, 7) is 4.50. The van der Waals surface area contributed by atoms with Crippen molar-refractivity contribution in [2.24, 2.45) is 10.9 Å². The molecule has 2 unspecified atom stereocenters. The van der Waals surface area contributed by atoms with Crippen LogP contribution < -0.4 is 5.32 Å². The highest BCUT2D eigenvalue weighted by atomic mass is 35.5. The van der Waals surface area contributed by atoms with Gasteiger partial charge >= 0.3 is 5.97 Å². The van der Waals surface area contributed by atoms with Gasteiger partial charge in [-0.3, -0.25) is 14.8 Å². The number of aliphatic imine (C=N–C) groups is 1. The van der Waals surface area contributed by atoms with Crippen molar-refractivity contribution in [3.8, 4) is 0 Å². The molecule has 0 bridgehead atoms. The molecule has 1 aliphatic heterocycles. The van der Waals surface area contributed by atoms with Crippen LogP contribution in [0.2, 0.25) is 5.02 Å². The number of rotatable bonds is 10. The number of pyridine rings is 2. The van der Waals surface area contributed by atoms with Crippen LogP contribution >= 0.6 is 11.6 Å². The van der Waals surface area contributed by atoms with Crippen LogP contribution in [0.15, 0.2) is 102 Å². The molecular formula is C36H32ClFN6O3. The Bertz CT molecular complexity index is 1990. The molecule has 9 nitrogen and oxygen atoms in total. The van der Waals surface area contributed by atoms with E-state index in [-0.39, 0.29) is 12.2 Å². The fourth-order valence-electron chi connectivity index (χ4n) is 5.96. The van der Waals surface area contributed by atoms with Gasteiger partial charge in [-0.05, 0) is 80.8 Å². The van der Waals surface area contributed by atoms with Crippen molar-refractivity contribution < 1.29 is 18.7 Å². The topological polar surface area (TPSA) is 111 Å². The van der Waals surface area contributed by atoms with Crippen molar-refractivity contribution in [3.63, 3.8) is 0 Å². The molecule has 2 aromatic carbocycles. The molecule has 4 heterocycles. The van der Waals surface area contributed by atoms with E-state index in [1.807, 2.05) is 13.0 Å². The number of esters is 1. The number of carbonyl (C=O) groups excluding carboxylic acids is 2. The standard InChI is InChI=1S/C36H32ClFN6O3/c1-22-31(35(45)43-30-11-5-6-17-40-30)32(26-9-3-4-10-27(26)37)33(34(41-22)24-12-14-25(38)15-13-24)36(46)47-20-8-7-19-44-23(2)42-28-21-39-18-16-29(28)44/h3-6,9-18,21,31-32H,7-8,19-20H2,1-2H3,(H,40,43,45). The third-order valence-corrected chi connectivity index (χ3v) is 8.51. The molecule has 3 aromatic heterocycles. The van der Waals surface area contributed by atoms with Crippen LogP contribution in [0.3, 0.4) is 0 Å². The SMILES string of the molecule is CC1=NC(c2ccc(F)cc2)=C(C(=O)OCCCCn2c(C)nc3cnccc32)C(c2ccccc2Cl)C1C(=O)Nc1ccccn1. The summed E-state index contributed by atoms with van der Waals surface area (Å²) in [5.41, 5.74) is 3.82. The quantitative estimate of drug-likeness (QED) is 0.127. The van der Waals surface area contributed by atoms with Crippen molar-refractivity contribution in [2.75, 3.05) is 11.9 Å². The number of aryl methyl sites for hydroxylation is 2. The number of carbonyl (C=O) groups is 2. The molecule has 1 N–H and O–H groups in total. The third-order valence-electron chi connectivity index (χ3n) is 8.16. The first-order chi connectivity index (χ1) is 22.8. The molecule has 1 aliphatic rings. The Kier molecular flexibility index (Phi) is 9.49. The van der Waals surface area contributed by atoms with E-state index in [1.165, 1.54) is 12.1 Å². The largest absolute Gasteiger partial charge is 0.462 e. The number of unbranched alkanes of at least 4 members (excludes halogenated alkanes) is 1. The van der Waals surface area contributed by atoms with Gasteiger partial charge in [-0.15, -0.1) is 0 Å². The van der Waals surface area contributed by atoms with Crippen molar-refractivity contribution in [1.82, 2.24) is 19.5 Å². The average Bonchev–Trinajstić information content (AvgIpc) is 3.39. The number of anilines is 1. The van der Waals surface area contributed by atoms with Gasteiger partial charge in [-0.25, -0.2) is 19.2 Å². The number of nitrogens with zero attached hydrogens (tertiary/aromatic N) is 5. The Morgan fingerprint density at radius 3 is 2.53 bits per heavy atom. The highest BCUT2D eigenvalue weighted by molar-refractivity contribution is 6.31. The number of imidazole rings is 1. The lowest BCUT2D eigenvalue weighted by atomic mass is 9.74. The summed E-state index contributed by atoms with van der Waals surface area (Å²) in [5.74, 6) is -2.00. The summed E-state index contributed by atoms with van der Waals surface area (Å²) < 4.78 is 22.0. The van der Waals surface area contributed by atoms with Gasteiger partial charge in [0.25, 0.3) is 0 Å². The first-order valence-electron chi connectivity index (χ1n) is 15.3. The molecule has 0 fully saturated rings. The molecule has 0 saturated carbocycles. The zero-order valence-corrected chi connectivity index (χ0v) is 26.6. The van der Waals surface area contributed by atoms with E-state index in [0.29, 0.717) is 46.3 Å². The van der Waals surface area contributed by atoms with Crippen molar-refractivity contribution in [1.29, 1.82) is 0 Å². The molecule has 47 heavy (non-hydrogen) atoms. The second-order valence-corrected chi connectivity index (χ2v) is 11.6.